The molecule has 0 aliphatic rings. The van der Waals surface area contributed by atoms with Gasteiger partial charge in [0, 0.05) is 11.6 Å². The molecule has 0 saturated carbocycles. The Hall–Kier alpha value is -1.69. The summed E-state index contributed by atoms with van der Waals surface area (Å²) in [5.41, 5.74) is 6.13. The quantitative estimate of drug-likeness (QED) is 0.783. The van der Waals surface area contributed by atoms with Crippen molar-refractivity contribution in [3.05, 3.63) is 41.0 Å². The van der Waals surface area contributed by atoms with Gasteiger partial charge in [-0.1, -0.05) is 17.7 Å². The number of hydrogen-bond donors (Lipinski definition) is 3. The summed E-state index contributed by atoms with van der Waals surface area (Å²) in [6.07, 6.45) is -1.17. The Labute approximate surface area is 114 Å². The van der Waals surface area contributed by atoms with Gasteiger partial charge in [-0.25, -0.2) is 0 Å². The number of rotatable bonds is 4. The highest BCUT2D eigenvalue weighted by Crippen LogP contribution is 2.26. The number of hydrogen-bond acceptors (Lipinski definition) is 4. The molecule has 0 aliphatic carbocycles. The fraction of sp³-hybridized carbons (Fsp3) is 0.231. The molecule has 100 valence electrons. The van der Waals surface area contributed by atoms with Crippen LogP contribution in [0.25, 0.3) is 10.9 Å². The van der Waals surface area contributed by atoms with Crippen molar-refractivity contribution in [2.24, 2.45) is 5.73 Å². The number of amides is 1. The van der Waals surface area contributed by atoms with E-state index in [1.54, 1.807) is 30.5 Å². The minimum atomic E-state index is -1.25. The van der Waals surface area contributed by atoms with Gasteiger partial charge in [-0.05, 0) is 23.8 Å². The molecule has 0 aliphatic heterocycles. The molecule has 4 N–H and O–H groups in total. The number of halogens is 1. The van der Waals surface area contributed by atoms with E-state index >= 15 is 0 Å². The Morgan fingerprint density at radius 1 is 1.37 bits per heavy atom. The molecular formula is C13H13ClN2O3. The third-order valence-electron chi connectivity index (χ3n) is 2.83. The molecule has 0 saturated heterocycles. The van der Waals surface area contributed by atoms with E-state index in [2.05, 4.69) is 4.98 Å². The molecule has 2 aromatic rings. The van der Waals surface area contributed by atoms with Crippen LogP contribution in [0.15, 0.2) is 30.5 Å². The topological polar surface area (TPSA) is 96.4 Å². The maximum atomic E-state index is 10.7. The van der Waals surface area contributed by atoms with Crippen LogP contribution in [0.4, 0.5) is 0 Å². The van der Waals surface area contributed by atoms with Gasteiger partial charge in [0.05, 0.1) is 23.1 Å². The van der Waals surface area contributed by atoms with Crippen molar-refractivity contribution in [1.82, 2.24) is 4.98 Å². The van der Waals surface area contributed by atoms with Crippen LogP contribution >= 0.6 is 11.6 Å². The average Bonchev–Trinajstić information content (AvgIpc) is 2.37. The number of primary amides is 1. The second kappa shape index (κ2) is 5.52. The smallest absolute Gasteiger partial charge is 0.220 e. The first kappa shape index (κ1) is 13.7. The first-order valence-corrected chi connectivity index (χ1v) is 6.05. The number of carbonyl (C=O) groups is 1. The van der Waals surface area contributed by atoms with Crippen molar-refractivity contribution in [2.75, 3.05) is 0 Å². The van der Waals surface area contributed by atoms with Gasteiger partial charge >= 0.3 is 0 Å². The van der Waals surface area contributed by atoms with Crippen LogP contribution in [0.1, 0.15) is 18.1 Å². The third-order valence-corrected chi connectivity index (χ3v) is 3.16. The van der Waals surface area contributed by atoms with E-state index in [-0.39, 0.29) is 6.42 Å². The summed E-state index contributed by atoms with van der Waals surface area (Å²) in [6.45, 7) is 0. The Balaban J connectivity index is 2.35. The largest absolute Gasteiger partial charge is 0.390 e. The molecule has 19 heavy (non-hydrogen) atoms. The Bertz CT molecular complexity index is 618. The molecule has 6 heteroatoms. The first-order valence-electron chi connectivity index (χ1n) is 5.67. The van der Waals surface area contributed by atoms with Crippen LogP contribution in [-0.4, -0.2) is 27.2 Å². The minimum absolute atomic E-state index is 0.306. The maximum Gasteiger partial charge on any atom is 0.220 e. The predicted octanol–water partition coefficient (Wildman–Crippen LogP) is 1.16. The SMILES string of the molecule is NC(=O)CC(O)C(O)c1ccc2nccc(Cl)c2c1. The number of benzene rings is 1. The normalized spacial score (nSPS) is 14.3. The fourth-order valence-corrected chi connectivity index (χ4v) is 2.06. The van der Waals surface area contributed by atoms with Crippen LogP contribution < -0.4 is 5.73 Å². The molecule has 1 aromatic carbocycles. The van der Waals surface area contributed by atoms with E-state index in [0.717, 1.165) is 0 Å². The fourth-order valence-electron chi connectivity index (χ4n) is 1.85. The highest BCUT2D eigenvalue weighted by molar-refractivity contribution is 6.35. The number of aliphatic hydroxyl groups is 2. The minimum Gasteiger partial charge on any atom is -0.390 e. The van der Waals surface area contributed by atoms with Crippen LogP contribution in [0, 0.1) is 0 Å². The van der Waals surface area contributed by atoms with Gasteiger partial charge in [-0.3, -0.25) is 9.78 Å². The summed E-state index contributed by atoms with van der Waals surface area (Å²) >= 11 is 6.04. The number of aliphatic hydroxyl groups excluding tert-OH is 2. The Morgan fingerprint density at radius 2 is 2.11 bits per heavy atom. The number of nitrogens with zero attached hydrogens (tertiary/aromatic N) is 1. The summed E-state index contributed by atoms with van der Waals surface area (Å²) in [4.78, 5) is 14.9. The lowest BCUT2D eigenvalue weighted by atomic mass is 10.00. The zero-order valence-corrected chi connectivity index (χ0v) is 10.7. The summed E-state index contributed by atoms with van der Waals surface area (Å²) in [6, 6.07) is 6.59. The van der Waals surface area contributed by atoms with E-state index in [1.807, 2.05) is 0 Å². The third kappa shape index (κ3) is 3.01. The molecule has 1 heterocycles. The van der Waals surface area contributed by atoms with Crippen LogP contribution in [0.3, 0.4) is 0 Å². The second-order valence-electron chi connectivity index (χ2n) is 4.25. The molecule has 2 atom stereocenters. The van der Waals surface area contributed by atoms with Gasteiger partial charge in [0.25, 0.3) is 0 Å². The van der Waals surface area contributed by atoms with Gasteiger partial charge in [0.1, 0.15) is 6.10 Å². The zero-order valence-electron chi connectivity index (χ0n) is 9.95. The molecule has 1 aromatic heterocycles. The monoisotopic (exact) mass is 280 g/mol. The van der Waals surface area contributed by atoms with Crippen molar-refractivity contribution in [2.45, 2.75) is 18.6 Å². The standard InChI is InChI=1S/C13H13ClN2O3/c14-9-3-4-16-10-2-1-7(5-8(9)10)13(19)11(17)6-12(15)18/h1-5,11,13,17,19H,6H2,(H2,15,18). The number of pyridine rings is 1. The number of fused-ring (bicyclic) bond motifs is 1. The van der Waals surface area contributed by atoms with Gasteiger partial charge in [-0.2, -0.15) is 0 Å². The van der Waals surface area contributed by atoms with E-state index in [1.165, 1.54) is 0 Å². The summed E-state index contributed by atoms with van der Waals surface area (Å²) in [5, 5.41) is 20.8. The Kier molecular flexibility index (Phi) is 3.99. The molecule has 5 nitrogen and oxygen atoms in total. The highest BCUT2D eigenvalue weighted by atomic mass is 35.5. The van der Waals surface area contributed by atoms with Crippen molar-refractivity contribution in [1.29, 1.82) is 0 Å². The van der Waals surface area contributed by atoms with Crippen molar-refractivity contribution >= 4 is 28.4 Å². The van der Waals surface area contributed by atoms with Crippen LogP contribution in [-0.2, 0) is 4.79 Å². The molecule has 0 spiro atoms. The summed E-state index contributed by atoms with van der Waals surface area (Å²) in [7, 11) is 0. The molecule has 0 bridgehead atoms. The van der Waals surface area contributed by atoms with Gasteiger partial charge in [-0.15, -0.1) is 0 Å². The van der Waals surface area contributed by atoms with Gasteiger partial charge < -0.3 is 15.9 Å². The van der Waals surface area contributed by atoms with Crippen molar-refractivity contribution in [3.63, 3.8) is 0 Å². The maximum absolute atomic E-state index is 10.7. The lowest BCUT2D eigenvalue weighted by Gasteiger charge is -2.17. The molecular weight excluding hydrogens is 268 g/mol. The lowest BCUT2D eigenvalue weighted by Crippen LogP contribution is -2.25. The summed E-state index contributed by atoms with van der Waals surface area (Å²) in [5.74, 6) is -0.674. The van der Waals surface area contributed by atoms with E-state index < -0.39 is 18.1 Å². The molecule has 2 rings (SSSR count). The summed E-state index contributed by atoms with van der Waals surface area (Å²) < 4.78 is 0. The Morgan fingerprint density at radius 3 is 2.79 bits per heavy atom. The molecule has 0 radical (unpaired) electrons. The van der Waals surface area contributed by atoms with E-state index in [4.69, 9.17) is 17.3 Å². The number of carbonyl (C=O) groups excluding carboxylic acids is 1. The van der Waals surface area contributed by atoms with Crippen molar-refractivity contribution < 1.29 is 15.0 Å². The second-order valence-corrected chi connectivity index (χ2v) is 4.66. The lowest BCUT2D eigenvalue weighted by molar-refractivity contribution is -0.121. The van der Waals surface area contributed by atoms with E-state index in [0.29, 0.717) is 21.5 Å². The molecule has 2 unspecified atom stereocenters. The van der Waals surface area contributed by atoms with Crippen LogP contribution in [0.2, 0.25) is 5.02 Å². The predicted molar refractivity (Wildman–Crippen MR) is 71.5 cm³/mol. The number of aromatic nitrogens is 1. The average molecular weight is 281 g/mol. The van der Waals surface area contributed by atoms with E-state index in [9.17, 15) is 15.0 Å². The molecule has 1 amide bonds. The van der Waals surface area contributed by atoms with Crippen molar-refractivity contribution in [3.8, 4) is 0 Å². The number of nitrogens with two attached hydrogens (primary N) is 1. The van der Waals surface area contributed by atoms with Gasteiger partial charge in [0.15, 0.2) is 0 Å². The molecule has 0 fully saturated rings. The van der Waals surface area contributed by atoms with Crippen LogP contribution in [0.5, 0.6) is 0 Å². The highest BCUT2D eigenvalue weighted by Gasteiger charge is 2.20. The first-order chi connectivity index (χ1) is 8.99. The van der Waals surface area contributed by atoms with Gasteiger partial charge in [0.2, 0.25) is 5.91 Å². The zero-order chi connectivity index (χ0) is 14.0.